The molecular weight excluding hydrogens is 322 g/mol. The van der Waals surface area contributed by atoms with Gasteiger partial charge in [-0.25, -0.2) is 8.42 Å². The second kappa shape index (κ2) is 4.99. The molecule has 1 saturated carbocycles. The zero-order valence-corrected chi connectivity index (χ0v) is 13.1. The lowest BCUT2D eigenvalue weighted by Gasteiger charge is -2.25. The molecule has 2 rings (SSSR count). The third kappa shape index (κ3) is 3.10. The SMILES string of the molecule is CC(C)N(CC1CC1)S(=O)(=O)c1ccc(Br)s1. The maximum Gasteiger partial charge on any atom is 0.252 e. The number of thiophene rings is 1. The van der Waals surface area contributed by atoms with Gasteiger partial charge >= 0.3 is 0 Å². The van der Waals surface area contributed by atoms with Gasteiger partial charge in [-0.15, -0.1) is 11.3 Å². The van der Waals surface area contributed by atoms with Crippen molar-refractivity contribution in [1.82, 2.24) is 4.31 Å². The van der Waals surface area contributed by atoms with Crippen molar-refractivity contribution >= 4 is 37.3 Å². The Balaban J connectivity index is 2.26. The Morgan fingerprint density at radius 3 is 2.53 bits per heavy atom. The van der Waals surface area contributed by atoms with Crippen LogP contribution < -0.4 is 0 Å². The zero-order chi connectivity index (χ0) is 12.6. The predicted molar refractivity (Wildman–Crippen MR) is 73.8 cm³/mol. The number of hydrogen-bond donors (Lipinski definition) is 0. The molecule has 0 spiro atoms. The lowest BCUT2D eigenvalue weighted by atomic mass is 10.3. The molecule has 0 radical (unpaired) electrons. The van der Waals surface area contributed by atoms with Crippen molar-refractivity contribution in [2.75, 3.05) is 6.54 Å². The minimum Gasteiger partial charge on any atom is -0.206 e. The Hall–Kier alpha value is 0.0900. The second-order valence-electron chi connectivity index (χ2n) is 4.67. The third-order valence-electron chi connectivity index (χ3n) is 2.82. The van der Waals surface area contributed by atoms with Crippen molar-refractivity contribution in [2.45, 2.75) is 36.9 Å². The van der Waals surface area contributed by atoms with Crippen LogP contribution in [0, 0.1) is 5.92 Å². The van der Waals surface area contributed by atoms with Crippen LogP contribution in [0.1, 0.15) is 26.7 Å². The predicted octanol–water partition coefficient (Wildman–Crippen LogP) is 3.32. The fourth-order valence-corrected chi connectivity index (χ4v) is 5.55. The molecule has 6 heteroatoms. The molecular formula is C11H16BrNO2S2. The van der Waals surface area contributed by atoms with Gasteiger partial charge in [0.1, 0.15) is 4.21 Å². The lowest BCUT2D eigenvalue weighted by Crippen LogP contribution is -2.38. The first-order chi connectivity index (χ1) is 7.91. The Morgan fingerprint density at radius 1 is 1.47 bits per heavy atom. The van der Waals surface area contributed by atoms with Crippen LogP contribution in [0.15, 0.2) is 20.1 Å². The van der Waals surface area contributed by atoms with Gasteiger partial charge in [-0.2, -0.15) is 4.31 Å². The highest BCUT2D eigenvalue weighted by Gasteiger charge is 2.33. The number of nitrogens with zero attached hydrogens (tertiary/aromatic N) is 1. The van der Waals surface area contributed by atoms with Crippen LogP contribution in [0.3, 0.4) is 0 Å². The van der Waals surface area contributed by atoms with E-state index in [9.17, 15) is 8.42 Å². The van der Waals surface area contributed by atoms with E-state index in [4.69, 9.17) is 0 Å². The van der Waals surface area contributed by atoms with Crippen LogP contribution in [0.4, 0.5) is 0 Å². The molecule has 0 bridgehead atoms. The summed E-state index contributed by atoms with van der Waals surface area (Å²) in [6, 6.07) is 3.47. The number of rotatable bonds is 5. The molecule has 0 aromatic carbocycles. The molecule has 1 aliphatic carbocycles. The van der Waals surface area contributed by atoms with Crippen LogP contribution >= 0.6 is 27.3 Å². The Labute approximate surface area is 115 Å². The summed E-state index contributed by atoms with van der Waals surface area (Å²) in [4.78, 5) is 0. The summed E-state index contributed by atoms with van der Waals surface area (Å²) in [7, 11) is -3.31. The zero-order valence-electron chi connectivity index (χ0n) is 9.89. The molecule has 0 atom stereocenters. The van der Waals surface area contributed by atoms with E-state index in [1.54, 1.807) is 16.4 Å². The summed E-state index contributed by atoms with van der Waals surface area (Å²) < 4.78 is 27.8. The van der Waals surface area contributed by atoms with Crippen LogP contribution in [0.5, 0.6) is 0 Å². The van der Waals surface area contributed by atoms with Gasteiger partial charge in [-0.05, 0) is 60.7 Å². The van der Waals surface area contributed by atoms with Crippen molar-refractivity contribution in [3.05, 3.63) is 15.9 Å². The third-order valence-corrected chi connectivity index (χ3v) is 6.96. The molecule has 96 valence electrons. The second-order valence-corrected chi connectivity index (χ2v) is 9.25. The summed E-state index contributed by atoms with van der Waals surface area (Å²) in [5.74, 6) is 0.565. The van der Waals surface area contributed by atoms with E-state index in [1.807, 2.05) is 13.8 Å². The molecule has 0 amide bonds. The molecule has 1 fully saturated rings. The molecule has 0 aliphatic heterocycles. The minimum absolute atomic E-state index is 0.0153. The van der Waals surface area contributed by atoms with Crippen molar-refractivity contribution in [3.63, 3.8) is 0 Å². The number of sulfonamides is 1. The van der Waals surface area contributed by atoms with E-state index in [-0.39, 0.29) is 6.04 Å². The van der Waals surface area contributed by atoms with E-state index in [0.717, 1.165) is 16.6 Å². The van der Waals surface area contributed by atoms with Gasteiger partial charge in [0.25, 0.3) is 10.0 Å². The lowest BCUT2D eigenvalue weighted by molar-refractivity contribution is 0.342. The maximum atomic E-state index is 12.5. The van der Waals surface area contributed by atoms with Gasteiger partial charge in [0.05, 0.1) is 3.79 Å². The Morgan fingerprint density at radius 2 is 2.12 bits per heavy atom. The highest BCUT2D eigenvalue weighted by atomic mass is 79.9. The van der Waals surface area contributed by atoms with Crippen LogP contribution in [0.2, 0.25) is 0 Å². The number of halogens is 1. The quantitative estimate of drug-likeness (QED) is 0.826. The highest BCUT2D eigenvalue weighted by molar-refractivity contribution is 9.11. The summed E-state index contributed by atoms with van der Waals surface area (Å²) in [5, 5.41) is 0. The first kappa shape index (κ1) is 13.5. The van der Waals surface area contributed by atoms with Gasteiger partial charge in [0.2, 0.25) is 0 Å². The summed E-state index contributed by atoms with van der Waals surface area (Å²) in [6.45, 7) is 4.53. The molecule has 0 N–H and O–H groups in total. The van der Waals surface area contributed by atoms with Gasteiger partial charge in [0.15, 0.2) is 0 Å². The molecule has 1 aromatic heterocycles. The smallest absolute Gasteiger partial charge is 0.206 e. The Bertz CT molecular complexity index is 491. The highest BCUT2D eigenvalue weighted by Crippen LogP contribution is 2.34. The van der Waals surface area contributed by atoms with Crippen molar-refractivity contribution in [3.8, 4) is 0 Å². The first-order valence-corrected chi connectivity index (χ1v) is 8.73. The van der Waals surface area contributed by atoms with Crippen LogP contribution in [-0.4, -0.2) is 25.3 Å². The molecule has 17 heavy (non-hydrogen) atoms. The van der Waals surface area contributed by atoms with Crippen molar-refractivity contribution in [1.29, 1.82) is 0 Å². The number of hydrogen-bond acceptors (Lipinski definition) is 3. The van der Waals surface area contributed by atoms with Crippen molar-refractivity contribution in [2.24, 2.45) is 5.92 Å². The van der Waals surface area contributed by atoms with Crippen LogP contribution in [-0.2, 0) is 10.0 Å². The topological polar surface area (TPSA) is 37.4 Å². The van der Waals surface area contributed by atoms with Gasteiger partial charge in [-0.1, -0.05) is 0 Å². The van der Waals surface area contributed by atoms with Gasteiger partial charge in [0, 0.05) is 12.6 Å². The minimum atomic E-state index is -3.31. The fourth-order valence-electron chi connectivity index (χ4n) is 1.69. The molecule has 1 heterocycles. The molecule has 1 aromatic rings. The van der Waals surface area contributed by atoms with E-state index < -0.39 is 10.0 Å². The van der Waals surface area contributed by atoms with E-state index in [0.29, 0.717) is 16.7 Å². The van der Waals surface area contributed by atoms with E-state index >= 15 is 0 Å². The van der Waals surface area contributed by atoms with Crippen LogP contribution in [0.25, 0.3) is 0 Å². The van der Waals surface area contributed by atoms with E-state index in [2.05, 4.69) is 15.9 Å². The Kier molecular flexibility index (Phi) is 3.97. The van der Waals surface area contributed by atoms with Gasteiger partial charge < -0.3 is 0 Å². The molecule has 3 nitrogen and oxygen atoms in total. The van der Waals surface area contributed by atoms with Crippen molar-refractivity contribution < 1.29 is 8.42 Å². The van der Waals surface area contributed by atoms with Gasteiger partial charge in [-0.3, -0.25) is 0 Å². The average molecular weight is 338 g/mol. The monoisotopic (exact) mass is 337 g/mol. The maximum absolute atomic E-state index is 12.5. The van der Waals surface area contributed by atoms with E-state index in [1.165, 1.54) is 11.3 Å². The summed E-state index contributed by atoms with van der Waals surface area (Å²) >= 11 is 4.58. The summed E-state index contributed by atoms with van der Waals surface area (Å²) in [5.41, 5.74) is 0. The largest absolute Gasteiger partial charge is 0.252 e. The average Bonchev–Trinajstić information content (AvgIpc) is 2.95. The first-order valence-electron chi connectivity index (χ1n) is 5.68. The molecule has 0 saturated heterocycles. The standard InChI is InChI=1S/C11H16BrNO2S2/c1-8(2)13(7-9-3-4-9)17(14,15)11-6-5-10(12)16-11/h5-6,8-9H,3-4,7H2,1-2H3. The summed E-state index contributed by atoms with van der Waals surface area (Å²) in [6.07, 6.45) is 2.32. The normalized spacial score (nSPS) is 17.0. The molecule has 0 unspecified atom stereocenters. The molecule has 1 aliphatic rings. The fraction of sp³-hybridized carbons (Fsp3) is 0.636.